The number of carbonyl (C=O) groups is 1. The summed E-state index contributed by atoms with van der Waals surface area (Å²) in [5.74, 6) is -0.540. The number of hydrogen-bond donors (Lipinski definition) is 1. The number of anilines is 1. The van der Waals surface area contributed by atoms with E-state index < -0.39 is 12.5 Å². The summed E-state index contributed by atoms with van der Waals surface area (Å²) in [7, 11) is 1.29. The smallest absolute Gasteiger partial charge is 0.387 e. The lowest BCUT2D eigenvalue weighted by molar-refractivity contribution is -0.0512. The maximum Gasteiger partial charge on any atom is 0.387 e. The number of ether oxygens (including phenoxy) is 2. The van der Waals surface area contributed by atoms with Crippen LogP contribution in [-0.4, -0.2) is 19.6 Å². The molecule has 7 heteroatoms. The number of methoxy groups -OCH3 is 1. The molecule has 1 amide bonds. The molecule has 1 N–H and O–H groups in total. The van der Waals surface area contributed by atoms with Gasteiger partial charge in [0.2, 0.25) is 0 Å². The van der Waals surface area contributed by atoms with Crippen LogP contribution < -0.4 is 14.8 Å². The van der Waals surface area contributed by atoms with E-state index in [0.717, 1.165) is 5.56 Å². The molecule has 2 aromatic carbocycles. The summed E-state index contributed by atoms with van der Waals surface area (Å²) in [5, 5.41) is 11.3. The average molecular weight is 332 g/mol. The minimum atomic E-state index is -2.98. The number of hydrogen-bond acceptors (Lipinski definition) is 4. The number of alkyl halides is 2. The molecule has 2 rings (SSSR count). The fourth-order valence-electron chi connectivity index (χ4n) is 2.00. The van der Waals surface area contributed by atoms with Crippen LogP contribution in [0.5, 0.6) is 11.5 Å². The second kappa shape index (κ2) is 7.92. The van der Waals surface area contributed by atoms with Gasteiger partial charge in [-0.3, -0.25) is 4.79 Å². The van der Waals surface area contributed by atoms with E-state index in [2.05, 4.69) is 10.1 Å². The van der Waals surface area contributed by atoms with Crippen molar-refractivity contribution in [2.45, 2.75) is 13.0 Å². The van der Waals surface area contributed by atoms with Gasteiger partial charge in [0.25, 0.3) is 5.91 Å². The van der Waals surface area contributed by atoms with Crippen LogP contribution in [0.3, 0.4) is 0 Å². The van der Waals surface area contributed by atoms with Crippen molar-refractivity contribution < 1.29 is 23.0 Å². The molecule has 0 saturated carbocycles. The molecular weight excluding hydrogens is 318 g/mol. The molecular formula is C17H14F2N2O3. The molecule has 0 aromatic heterocycles. The monoisotopic (exact) mass is 332 g/mol. The first-order chi connectivity index (χ1) is 11.5. The molecule has 124 valence electrons. The molecule has 0 fully saturated rings. The summed E-state index contributed by atoms with van der Waals surface area (Å²) in [6, 6.07) is 12.8. The number of carbonyl (C=O) groups excluding carboxylic acids is 1. The predicted molar refractivity (Wildman–Crippen MR) is 83.3 cm³/mol. The molecule has 2 aromatic rings. The standard InChI is InChI=1S/C17H14F2N2O3/c1-23-15-10-12(4-7-14(15)24-17(18)19)16(22)21-13-5-2-11(3-6-13)8-9-20/h2-7,10,17H,8H2,1H3,(H,21,22). The first-order valence-corrected chi connectivity index (χ1v) is 6.93. The number of amides is 1. The number of rotatable bonds is 6. The molecule has 0 aliphatic rings. The summed E-state index contributed by atoms with van der Waals surface area (Å²) in [5.41, 5.74) is 1.62. The zero-order chi connectivity index (χ0) is 17.5. The molecule has 0 aliphatic heterocycles. The summed E-state index contributed by atoms with van der Waals surface area (Å²) in [4.78, 5) is 12.2. The van der Waals surface area contributed by atoms with Crippen LogP contribution in [0.2, 0.25) is 0 Å². The Kier molecular flexibility index (Phi) is 5.68. The third kappa shape index (κ3) is 4.43. The summed E-state index contributed by atoms with van der Waals surface area (Å²) < 4.78 is 33.9. The van der Waals surface area contributed by atoms with E-state index in [1.54, 1.807) is 24.3 Å². The van der Waals surface area contributed by atoms with E-state index in [1.165, 1.54) is 25.3 Å². The number of nitrogens with zero attached hydrogens (tertiary/aromatic N) is 1. The maximum absolute atomic E-state index is 12.3. The van der Waals surface area contributed by atoms with Gasteiger partial charge in [0.1, 0.15) is 0 Å². The SMILES string of the molecule is COc1cc(C(=O)Nc2ccc(CC#N)cc2)ccc1OC(F)F. The van der Waals surface area contributed by atoms with E-state index in [0.29, 0.717) is 5.69 Å². The van der Waals surface area contributed by atoms with Crippen LogP contribution in [0.25, 0.3) is 0 Å². The first-order valence-electron chi connectivity index (χ1n) is 6.93. The minimum Gasteiger partial charge on any atom is -0.493 e. The number of nitriles is 1. The number of halogens is 2. The topological polar surface area (TPSA) is 71.3 Å². The highest BCUT2D eigenvalue weighted by molar-refractivity contribution is 6.04. The Hall–Kier alpha value is -3.14. The minimum absolute atomic E-state index is 0.0346. The van der Waals surface area contributed by atoms with Gasteiger partial charge in [0.05, 0.1) is 19.6 Å². The lowest BCUT2D eigenvalue weighted by Crippen LogP contribution is -2.12. The van der Waals surface area contributed by atoms with Crippen molar-refractivity contribution in [3.63, 3.8) is 0 Å². The Morgan fingerprint density at radius 1 is 1.21 bits per heavy atom. The van der Waals surface area contributed by atoms with E-state index in [1.807, 2.05) is 6.07 Å². The van der Waals surface area contributed by atoms with Crippen molar-refractivity contribution in [1.29, 1.82) is 5.26 Å². The van der Waals surface area contributed by atoms with Crippen molar-refractivity contribution in [1.82, 2.24) is 0 Å². The van der Waals surface area contributed by atoms with Gasteiger partial charge in [-0.2, -0.15) is 14.0 Å². The largest absolute Gasteiger partial charge is 0.493 e. The van der Waals surface area contributed by atoms with E-state index in [9.17, 15) is 13.6 Å². The molecule has 0 atom stereocenters. The molecule has 0 spiro atoms. The molecule has 5 nitrogen and oxygen atoms in total. The Morgan fingerprint density at radius 2 is 1.92 bits per heavy atom. The Morgan fingerprint density at radius 3 is 2.50 bits per heavy atom. The van der Waals surface area contributed by atoms with Crippen molar-refractivity contribution >= 4 is 11.6 Å². The Balaban J connectivity index is 2.13. The summed E-state index contributed by atoms with van der Waals surface area (Å²) >= 11 is 0. The van der Waals surface area contributed by atoms with Gasteiger partial charge in [-0.1, -0.05) is 12.1 Å². The molecule has 0 aliphatic carbocycles. The van der Waals surface area contributed by atoms with Crippen LogP contribution in [0, 0.1) is 11.3 Å². The molecule has 0 unspecified atom stereocenters. The summed E-state index contributed by atoms with van der Waals surface area (Å²) in [6.45, 7) is -2.98. The van der Waals surface area contributed by atoms with Crippen LogP contribution in [-0.2, 0) is 6.42 Å². The lowest BCUT2D eigenvalue weighted by Gasteiger charge is -2.11. The highest BCUT2D eigenvalue weighted by atomic mass is 19.3. The zero-order valence-electron chi connectivity index (χ0n) is 12.8. The van der Waals surface area contributed by atoms with Crippen molar-refractivity contribution in [2.24, 2.45) is 0 Å². The zero-order valence-corrected chi connectivity index (χ0v) is 12.8. The molecule has 24 heavy (non-hydrogen) atoms. The summed E-state index contributed by atoms with van der Waals surface area (Å²) in [6.07, 6.45) is 0.289. The highest BCUT2D eigenvalue weighted by Gasteiger charge is 2.14. The van der Waals surface area contributed by atoms with Crippen molar-refractivity contribution in [3.05, 3.63) is 53.6 Å². The fraction of sp³-hybridized carbons (Fsp3) is 0.176. The maximum atomic E-state index is 12.3. The third-order valence-corrected chi connectivity index (χ3v) is 3.14. The Bertz CT molecular complexity index is 755. The average Bonchev–Trinajstić information content (AvgIpc) is 2.56. The van der Waals surface area contributed by atoms with E-state index in [4.69, 9.17) is 10.00 Å². The predicted octanol–water partition coefficient (Wildman–Crippen LogP) is 3.61. The van der Waals surface area contributed by atoms with Gasteiger partial charge in [-0.05, 0) is 35.9 Å². The van der Waals surface area contributed by atoms with Crippen molar-refractivity contribution in [3.8, 4) is 17.6 Å². The molecule has 0 saturated heterocycles. The van der Waals surface area contributed by atoms with Gasteiger partial charge in [-0.15, -0.1) is 0 Å². The van der Waals surface area contributed by atoms with Gasteiger partial charge >= 0.3 is 6.61 Å². The Labute approximate surface area is 137 Å². The molecule has 0 heterocycles. The van der Waals surface area contributed by atoms with E-state index in [-0.39, 0.29) is 23.5 Å². The second-order valence-corrected chi connectivity index (χ2v) is 4.73. The van der Waals surface area contributed by atoms with E-state index >= 15 is 0 Å². The highest BCUT2D eigenvalue weighted by Crippen LogP contribution is 2.29. The van der Waals surface area contributed by atoms with Gasteiger partial charge < -0.3 is 14.8 Å². The quantitative estimate of drug-likeness (QED) is 0.877. The number of nitrogens with one attached hydrogen (secondary N) is 1. The van der Waals surface area contributed by atoms with Gasteiger partial charge in [0, 0.05) is 11.3 Å². The lowest BCUT2D eigenvalue weighted by atomic mass is 10.1. The van der Waals surface area contributed by atoms with Crippen LogP contribution in [0.15, 0.2) is 42.5 Å². The van der Waals surface area contributed by atoms with Crippen LogP contribution in [0.4, 0.5) is 14.5 Å². The van der Waals surface area contributed by atoms with Crippen LogP contribution in [0.1, 0.15) is 15.9 Å². The van der Waals surface area contributed by atoms with Crippen LogP contribution >= 0.6 is 0 Å². The molecule has 0 radical (unpaired) electrons. The fourth-order valence-corrected chi connectivity index (χ4v) is 2.00. The van der Waals surface area contributed by atoms with Crippen molar-refractivity contribution in [2.75, 3.05) is 12.4 Å². The normalized spacial score (nSPS) is 10.1. The van der Waals surface area contributed by atoms with Gasteiger partial charge in [0.15, 0.2) is 11.5 Å². The van der Waals surface area contributed by atoms with Gasteiger partial charge in [-0.25, -0.2) is 0 Å². The second-order valence-electron chi connectivity index (χ2n) is 4.73. The third-order valence-electron chi connectivity index (χ3n) is 3.14. The number of benzene rings is 2. The first kappa shape index (κ1) is 17.2. The molecule has 0 bridgehead atoms.